The first-order chi connectivity index (χ1) is 15.9. The molecule has 0 bridgehead atoms. The molecule has 0 spiro atoms. The number of anilines is 1. The van der Waals surface area contributed by atoms with E-state index < -0.39 is 9.84 Å². The highest BCUT2D eigenvalue weighted by atomic mass is 32.2. The SMILES string of the molecule is Cc1ccc(S(=O)(=O)c2ccc(C(=O)N3CCN(c4ccc5c(c4)OCO5)CC3)cn2)cc1. The molecule has 33 heavy (non-hydrogen) atoms. The molecule has 9 heteroatoms. The van der Waals surface area contributed by atoms with Crippen LogP contribution >= 0.6 is 0 Å². The van der Waals surface area contributed by atoms with Crippen LogP contribution in [0.5, 0.6) is 11.5 Å². The van der Waals surface area contributed by atoms with Gasteiger partial charge in [-0.25, -0.2) is 13.4 Å². The zero-order valence-electron chi connectivity index (χ0n) is 18.1. The van der Waals surface area contributed by atoms with E-state index in [0.29, 0.717) is 31.7 Å². The van der Waals surface area contributed by atoms with E-state index >= 15 is 0 Å². The zero-order chi connectivity index (χ0) is 23.0. The Bertz CT molecular complexity index is 1280. The fraction of sp³-hybridized carbons (Fsp3) is 0.250. The monoisotopic (exact) mass is 465 g/mol. The number of hydrogen-bond acceptors (Lipinski definition) is 7. The van der Waals surface area contributed by atoms with Gasteiger partial charge in [-0.05, 0) is 43.3 Å². The lowest BCUT2D eigenvalue weighted by molar-refractivity contribution is 0.0746. The van der Waals surface area contributed by atoms with Crippen molar-refractivity contribution in [3.8, 4) is 11.5 Å². The van der Waals surface area contributed by atoms with Crippen molar-refractivity contribution in [1.82, 2.24) is 9.88 Å². The van der Waals surface area contributed by atoms with Crippen LogP contribution in [0.25, 0.3) is 0 Å². The third kappa shape index (κ3) is 4.11. The number of hydrogen-bond donors (Lipinski definition) is 0. The molecular weight excluding hydrogens is 442 g/mol. The molecular formula is C24H23N3O5S. The Morgan fingerprint density at radius 1 is 0.909 bits per heavy atom. The van der Waals surface area contributed by atoms with Crippen molar-refractivity contribution < 1.29 is 22.7 Å². The molecule has 1 aromatic heterocycles. The van der Waals surface area contributed by atoms with Crippen molar-refractivity contribution >= 4 is 21.4 Å². The molecule has 0 N–H and O–H groups in total. The van der Waals surface area contributed by atoms with Gasteiger partial charge in [-0.15, -0.1) is 0 Å². The molecule has 1 saturated heterocycles. The topological polar surface area (TPSA) is 89.0 Å². The highest BCUT2D eigenvalue weighted by Crippen LogP contribution is 2.35. The van der Waals surface area contributed by atoms with E-state index in [-0.39, 0.29) is 22.6 Å². The smallest absolute Gasteiger partial charge is 0.255 e. The van der Waals surface area contributed by atoms with Crippen molar-refractivity contribution in [1.29, 1.82) is 0 Å². The number of ether oxygens (including phenoxy) is 2. The summed E-state index contributed by atoms with van der Waals surface area (Å²) in [6.45, 7) is 4.59. The molecule has 2 aliphatic heterocycles. The first-order valence-corrected chi connectivity index (χ1v) is 12.1. The molecule has 2 aromatic carbocycles. The van der Waals surface area contributed by atoms with Gasteiger partial charge in [0.2, 0.25) is 16.6 Å². The van der Waals surface area contributed by atoms with Crippen molar-refractivity contribution in [3.05, 3.63) is 71.9 Å². The van der Waals surface area contributed by atoms with Crippen LogP contribution in [0, 0.1) is 6.92 Å². The van der Waals surface area contributed by atoms with Gasteiger partial charge in [0.15, 0.2) is 16.5 Å². The standard InChI is InChI=1S/C24H23N3O5S/c1-17-2-6-20(7-3-17)33(29,30)23-9-4-18(15-25-23)24(28)27-12-10-26(11-13-27)19-5-8-21-22(14-19)32-16-31-21/h2-9,14-15H,10-13,16H2,1H3. The summed E-state index contributed by atoms with van der Waals surface area (Å²) < 4.78 is 36.4. The number of aromatic nitrogens is 1. The summed E-state index contributed by atoms with van der Waals surface area (Å²) in [4.78, 5) is 21.2. The highest BCUT2D eigenvalue weighted by molar-refractivity contribution is 7.91. The molecule has 0 aliphatic carbocycles. The van der Waals surface area contributed by atoms with E-state index in [1.54, 1.807) is 29.2 Å². The van der Waals surface area contributed by atoms with Crippen LogP contribution < -0.4 is 14.4 Å². The third-order valence-corrected chi connectivity index (χ3v) is 7.56. The van der Waals surface area contributed by atoms with Crippen LogP contribution in [0.15, 0.2) is 70.7 Å². The Kier molecular flexibility index (Phi) is 5.41. The molecule has 2 aliphatic rings. The summed E-state index contributed by atoms with van der Waals surface area (Å²) >= 11 is 0. The van der Waals surface area contributed by atoms with E-state index in [9.17, 15) is 13.2 Å². The first kappa shape index (κ1) is 21.3. The number of carbonyl (C=O) groups is 1. The minimum absolute atomic E-state index is 0.0736. The highest BCUT2D eigenvalue weighted by Gasteiger charge is 2.25. The lowest BCUT2D eigenvalue weighted by Gasteiger charge is -2.36. The number of piperazine rings is 1. The van der Waals surface area contributed by atoms with Crippen LogP contribution in [-0.2, 0) is 9.84 Å². The molecule has 0 atom stereocenters. The van der Waals surface area contributed by atoms with Crippen molar-refractivity contribution in [3.63, 3.8) is 0 Å². The van der Waals surface area contributed by atoms with E-state index in [2.05, 4.69) is 9.88 Å². The average molecular weight is 466 g/mol. The van der Waals surface area contributed by atoms with Gasteiger partial charge in [-0.2, -0.15) is 0 Å². The number of amides is 1. The van der Waals surface area contributed by atoms with E-state index in [4.69, 9.17) is 9.47 Å². The number of pyridine rings is 1. The Morgan fingerprint density at radius 3 is 2.33 bits per heavy atom. The second-order valence-corrected chi connectivity index (χ2v) is 9.91. The molecule has 170 valence electrons. The third-order valence-electron chi connectivity index (χ3n) is 5.88. The van der Waals surface area contributed by atoms with Crippen molar-refractivity contribution in [2.75, 3.05) is 37.9 Å². The van der Waals surface area contributed by atoms with Crippen molar-refractivity contribution in [2.45, 2.75) is 16.8 Å². The number of aryl methyl sites for hydroxylation is 1. The van der Waals surface area contributed by atoms with Gasteiger partial charge in [-0.3, -0.25) is 4.79 Å². The number of rotatable bonds is 4. The summed E-state index contributed by atoms with van der Waals surface area (Å²) in [5.41, 5.74) is 2.37. The summed E-state index contributed by atoms with van der Waals surface area (Å²) in [6, 6.07) is 15.4. The Morgan fingerprint density at radius 2 is 1.64 bits per heavy atom. The van der Waals surface area contributed by atoms with E-state index in [1.165, 1.54) is 18.3 Å². The number of nitrogens with zero attached hydrogens (tertiary/aromatic N) is 3. The molecule has 0 radical (unpaired) electrons. The fourth-order valence-electron chi connectivity index (χ4n) is 3.94. The molecule has 3 aromatic rings. The second kappa shape index (κ2) is 8.40. The van der Waals surface area contributed by atoms with Crippen molar-refractivity contribution in [2.24, 2.45) is 0 Å². The summed E-state index contributed by atoms with van der Waals surface area (Å²) in [5, 5.41) is -0.0736. The van der Waals surface area contributed by atoms with Crippen LogP contribution in [-0.4, -0.2) is 57.2 Å². The maximum absolute atomic E-state index is 12.9. The maximum atomic E-state index is 12.9. The fourth-order valence-corrected chi connectivity index (χ4v) is 5.11. The Hall–Kier alpha value is -3.59. The number of fused-ring (bicyclic) bond motifs is 1. The van der Waals surface area contributed by atoms with Gasteiger partial charge < -0.3 is 19.3 Å². The van der Waals surface area contributed by atoms with Gasteiger partial charge in [-0.1, -0.05) is 17.7 Å². The molecule has 5 rings (SSSR count). The Balaban J connectivity index is 1.24. The second-order valence-electron chi connectivity index (χ2n) is 8.02. The lowest BCUT2D eigenvalue weighted by atomic mass is 10.2. The molecule has 1 amide bonds. The summed E-state index contributed by atoms with van der Waals surface area (Å²) in [5.74, 6) is 1.32. The van der Waals surface area contributed by atoms with Crippen LogP contribution in [0.2, 0.25) is 0 Å². The predicted molar refractivity (Wildman–Crippen MR) is 122 cm³/mol. The van der Waals surface area contributed by atoms with Gasteiger partial charge in [0, 0.05) is 44.1 Å². The van der Waals surface area contributed by atoms with E-state index in [0.717, 1.165) is 22.7 Å². The number of benzene rings is 2. The lowest BCUT2D eigenvalue weighted by Crippen LogP contribution is -2.48. The first-order valence-electron chi connectivity index (χ1n) is 10.6. The predicted octanol–water partition coefficient (Wildman–Crippen LogP) is 2.91. The van der Waals surface area contributed by atoms with Gasteiger partial charge in [0.1, 0.15) is 0 Å². The molecule has 8 nitrogen and oxygen atoms in total. The van der Waals surface area contributed by atoms with Gasteiger partial charge >= 0.3 is 0 Å². The van der Waals surface area contributed by atoms with Crippen LogP contribution in [0.3, 0.4) is 0 Å². The summed E-state index contributed by atoms with van der Waals surface area (Å²) in [7, 11) is -3.73. The maximum Gasteiger partial charge on any atom is 0.255 e. The quantitative estimate of drug-likeness (QED) is 0.585. The Labute approximate surface area is 192 Å². The molecule has 3 heterocycles. The summed E-state index contributed by atoms with van der Waals surface area (Å²) in [6.07, 6.45) is 1.34. The number of sulfone groups is 1. The van der Waals surface area contributed by atoms with Gasteiger partial charge in [0.05, 0.1) is 10.5 Å². The zero-order valence-corrected chi connectivity index (χ0v) is 18.9. The molecule has 1 fully saturated rings. The largest absolute Gasteiger partial charge is 0.454 e. The minimum Gasteiger partial charge on any atom is -0.454 e. The van der Waals surface area contributed by atoms with Gasteiger partial charge in [0.25, 0.3) is 5.91 Å². The van der Waals surface area contributed by atoms with Crippen LogP contribution in [0.4, 0.5) is 5.69 Å². The average Bonchev–Trinajstić information content (AvgIpc) is 3.32. The van der Waals surface area contributed by atoms with Crippen LogP contribution in [0.1, 0.15) is 15.9 Å². The number of carbonyl (C=O) groups excluding carboxylic acids is 1. The molecule has 0 saturated carbocycles. The normalized spacial score (nSPS) is 15.5. The minimum atomic E-state index is -3.73. The molecule has 0 unspecified atom stereocenters. The van der Waals surface area contributed by atoms with E-state index in [1.807, 2.05) is 25.1 Å².